The highest BCUT2D eigenvalue weighted by molar-refractivity contribution is 5.64. The van der Waals surface area contributed by atoms with E-state index in [0.717, 1.165) is 10.1 Å². The summed E-state index contributed by atoms with van der Waals surface area (Å²) in [6.07, 6.45) is -4.10. The van der Waals surface area contributed by atoms with Gasteiger partial charge in [-0.1, -0.05) is 26.0 Å². The largest absolute Gasteiger partial charge is 0.469 e. The third kappa shape index (κ3) is 2.43. The van der Waals surface area contributed by atoms with Gasteiger partial charge in [-0.05, 0) is 5.92 Å². The molecule has 1 aliphatic heterocycles. The molecule has 0 unspecified atom stereocenters. The molecule has 2 rings (SSSR count). The molecule has 17 heavy (non-hydrogen) atoms. The molecule has 1 aliphatic rings. The maximum atomic E-state index is 12.3. The lowest BCUT2D eigenvalue weighted by Crippen LogP contribution is -2.19. The molecule has 0 amide bonds. The highest BCUT2D eigenvalue weighted by Gasteiger charge is 2.36. The number of rotatable bonds is 1. The number of nitrogens with zero attached hydrogens (tertiary/aromatic N) is 1. The van der Waals surface area contributed by atoms with Crippen LogP contribution in [0, 0.1) is 0 Å². The van der Waals surface area contributed by atoms with Gasteiger partial charge >= 0.3 is 6.18 Å². The van der Waals surface area contributed by atoms with Gasteiger partial charge in [-0.2, -0.15) is 17.7 Å². The Bertz CT molecular complexity index is 463. The minimum absolute atomic E-state index is 0.0847. The van der Waals surface area contributed by atoms with E-state index in [1.165, 1.54) is 0 Å². The number of benzene rings is 1. The summed E-state index contributed by atoms with van der Waals surface area (Å²) >= 11 is 0. The van der Waals surface area contributed by atoms with Gasteiger partial charge in [0.2, 0.25) is 5.75 Å². The summed E-state index contributed by atoms with van der Waals surface area (Å²) in [7, 11) is 0. The van der Waals surface area contributed by atoms with E-state index in [2.05, 4.69) is 0 Å². The van der Waals surface area contributed by atoms with Crippen LogP contribution < -0.4 is 4.74 Å². The molecule has 0 saturated carbocycles. The van der Waals surface area contributed by atoms with Crippen molar-refractivity contribution in [3.05, 3.63) is 23.8 Å². The molecule has 0 saturated heterocycles. The lowest BCUT2D eigenvalue weighted by Gasteiger charge is -2.06. The van der Waals surface area contributed by atoms with E-state index >= 15 is 0 Å². The van der Waals surface area contributed by atoms with Crippen molar-refractivity contribution < 1.29 is 22.5 Å². The van der Waals surface area contributed by atoms with Crippen molar-refractivity contribution in [2.45, 2.75) is 25.9 Å². The first-order valence-electron chi connectivity index (χ1n) is 5.33. The predicted molar refractivity (Wildman–Crippen MR) is 58.1 cm³/mol. The Labute approximate surface area is 97.3 Å². The summed E-state index contributed by atoms with van der Waals surface area (Å²) in [5.41, 5.74) is 1.41. The van der Waals surface area contributed by atoms with Crippen LogP contribution in [0.15, 0.2) is 18.2 Å². The zero-order valence-corrected chi connectivity index (χ0v) is 9.58. The van der Waals surface area contributed by atoms with Gasteiger partial charge in [0, 0.05) is 11.6 Å². The third-order valence-corrected chi connectivity index (χ3v) is 2.61. The van der Waals surface area contributed by atoms with Gasteiger partial charge in [-0.25, -0.2) is 0 Å². The zero-order chi connectivity index (χ0) is 12.6. The first-order valence-corrected chi connectivity index (χ1v) is 5.33. The quantitative estimate of drug-likeness (QED) is 0.689. The van der Waals surface area contributed by atoms with Gasteiger partial charge in [0.15, 0.2) is 0 Å². The van der Waals surface area contributed by atoms with Crippen molar-refractivity contribution >= 4 is 11.9 Å². The Kier molecular flexibility index (Phi) is 2.85. The Morgan fingerprint density at radius 3 is 2.65 bits per heavy atom. The Morgan fingerprint density at radius 1 is 1.35 bits per heavy atom. The Hall–Kier alpha value is -1.52. The zero-order valence-electron chi connectivity index (χ0n) is 9.58. The molecule has 0 aromatic heterocycles. The van der Waals surface area contributed by atoms with Gasteiger partial charge < -0.3 is 4.74 Å². The van der Waals surface area contributed by atoms with Gasteiger partial charge in [-0.15, -0.1) is 0 Å². The lowest BCUT2D eigenvalue weighted by atomic mass is 10.0. The summed E-state index contributed by atoms with van der Waals surface area (Å²) in [4.78, 5) is 0. The van der Waals surface area contributed by atoms with Gasteiger partial charge in [0.05, 0.1) is 0 Å². The normalized spacial score (nSPS) is 17.4. The highest BCUT2D eigenvalue weighted by Crippen LogP contribution is 2.39. The average molecular weight is 244 g/mol. The molecule has 2 nitrogen and oxygen atoms in total. The molecule has 1 aromatic rings. The molecule has 0 bridgehead atoms. The van der Waals surface area contributed by atoms with Gasteiger partial charge in [0.1, 0.15) is 0 Å². The molecule has 0 fully saturated rings. The predicted octanol–water partition coefficient (Wildman–Crippen LogP) is 3.44. The van der Waals surface area contributed by atoms with Crippen LogP contribution in [0.25, 0.3) is 0 Å². The van der Waals surface area contributed by atoms with Crippen molar-refractivity contribution in [2.75, 3.05) is 6.73 Å². The number of hydrogen-bond donors (Lipinski definition) is 0. The molecule has 1 heterocycles. The number of hydrogen-bond acceptors (Lipinski definition) is 1. The fourth-order valence-electron chi connectivity index (χ4n) is 1.87. The van der Waals surface area contributed by atoms with Gasteiger partial charge in [0.25, 0.3) is 18.6 Å². The van der Waals surface area contributed by atoms with E-state index in [1.807, 2.05) is 19.9 Å². The Morgan fingerprint density at radius 2 is 2.06 bits per heavy atom. The second-order valence-corrected chi connectivity index (χ2v) is 4.26. The number of halogens is 3. The van der Waals surface area contributed by atoms with Crippen molar-refractivity contribution in [3.63, 3.8) is 0 Å². The molecular weight excluding hydrogens is 231 g/mol. The van der Waals surface area contributed by atoms with E-state index in [0.29, 0.717) is 11.4 Å². The van der Waals surface area contributed by atoms with E-state index in [4.69, 9.17) is 4.74 Å². The summed E-state index contributed by atoms with van der Waals surface area (Å²) in [5, 5.41) is 0. The number of fused-ring (bicyclic) bond motifs is 1. The fourth-order valence-corrected chi connectivity index (χ4v) is 1.87. The SMILES string of the molecule is CC(C)c1cccc2c1OC/[N+]2=C/C(F)(F)F. The summed E-state index contributed by atoms with van der Waals surface area (Å²) in [6, 6.07) is 5.26. The summed E-state index contributed by atoms with van der Waals surface area (Å²) < 4.78 is 43.4. The van der Waals surface area contributed by atoms with Crippen LogP contribution in [0.5, 0.6) is 5.75 Å². The van der Waals surface area contributed by atoms with Crippen molar-refractivity contribution in [1.82, 2.24) is 0 Å². The van der Waals surface area contributed by atoms with Crippen LogP contribution in [0.3, 0.4) is 0 Å². The van der Waals surface area contributed by atoms with Crippen molar-refractivity contribution in [1.29, 1.82) is 0 Å². The maximum Gasteiger partial charge on any atom is 0.469 e. The minimum Gasteiger partial charge on any atom is -0.429 e. The van der Waals surface area contributed by atoms with Crippen LogP contribution in [0.2, 0.25) is 0 Å². The van der Waals surface area contributed by atoms with Crippen LogP contribution in [-0.2, 0) is 0 Å². The second-order valence-electron chi connectivity index (χ2n) is 4.26. The number of alkyl halides is 3. The van der Waals surface area contributed by atoms with Crippen LogP contribution in [0.4, 0.5) is 18.9 Å². The molecule has 0 radical (unpaired) electrons. The summed E-state index contributed by atoms with van der Waals surface area (Å²) in [6.45, 7) is 3.88. The number of para-hydroxylation sites is 1. The maximum absolute atomic E-state index is 12.3. The van der Waals surface area contributed by atoms with E-state index in [9.17, 15) is 13.2 Å². The molecule has 0 aliphatic carbocycles. The van der Waals surface area contributed by atoms with Crippen molar-refractivity contribution in [2.24, 2.45) is 0 Å². The highest BCUT2D eigenvalue weighted by atomic mass is 19.4. The van der Waals surface area contributed by atoms with Crippen molar-refractivity contribution in [3.8, 4) is 5.75 Å². The molecule has 5 heteroatoms. The fraction of sp³-hybridized carbons (Fsp3) is 0.417. The standard InChI is InChI=1S/C12H13F3NO/c1-8(2)9-4-3-5-10-11(9)17-7-16(10)6-12(13,14)15/h3-6,8H,7H2,1-2H3/q+1/b16-6-. The first-order chi connectivity index (χ1) is 7.88. The first kappa shape index (κ1) is 12.0. The third-order valence-electron chi connectivity index (χ3n) is 2.61. The smallest absolute Gasteiger partial charge is 0.429 e. The summed E-state index contributed by atoms with van der Waals surface area (Å²) in [5.74, 6) is 0.777. The molecule has 92 valence electrons. The van der Waals surface area contributed by atoms with Crippen LogP contribution in [-0.4, -0.2) is 23.7 Å². The lowest BCUT2D eigenvalue weighted by molar-refractivity contribution is -0.460. The Balaban J connectivity index is 2.47. The average Bonchev–Trinajstić information content (AvgIpc) is 2.59. The molecular formula is C12H13F3NO+. The minimum atomic E-state index is -4.33. The van der Waals surface area contributed by atoms with Gasteiger partial charge in [-0.3, -0.25) is 0 Å². The number of ether oxygens (including phenoxy) is 1. The topological polar surface area (TPSA) is 12.2 Å². The molecule has 1 aromatic carbocycles. The monoisotopic (exact) mass is 244 g/mol. The van der Waals surface area contributed by atoms with E-state index in [1.54, 1.807) is 12.1 Å². The molecule has 0 atom stereocenters. The molecule has 0 N–H and O–H groups in total. The van der Waals surface area contributed by atoms with Crippen LogP contribution >= 0.6 is 0 Å². The molecule has 0 spiro atoms. The second kappa shape index (κ2) is 4.05. The van der Waals surface area contributed by atoms with E-state index < -0.39 is 6.18 Å². The van der Waals surface area contributed by atoms with E-state index in [-0.39, 0.29) is 18.9 Å². The van der Waals surface area contributed by atoms with Crippen LogP contribution in [0.1, 0.15) is 25.3 Å².